The Morgan fingerprint density at radius 3 is 2.47 bits per heavy atom. The Labute approximate surface area is 96.7 Å². The average Bonchev–Trinajstić information content (AvgIpc) is 2.78. The Hall–Kier alpha value is -2.04. The van der Waals surface area contributed by atoms with Crippen LogP contribution in [0, 0.1) is 0 Å². The molecular formula is C12H10F2N2O. The van der Waals surface area contributed by atoms with Gasteiger partial charge in [-0.05, 0) is 31.2 Å². The zero-order chi connectivity index (χ0) is 12.4. The van der Waals surface area contributed by atoms with Gasteiger partial charge in [0.1, 0.15) is 0 Å². The Kier molecular flexibility index (Phi) is 2.99. The molecule has 0 fully saturated rings. The molecule has 0 saturated heterocycles. The molecule has 0 atom stereocenters. The first kappa shape index (κ1) is 11.4. The van der Waals surface area contributed by atoms with Gasteiger partial charge in [-0.3, -0.25) is 9.36 Å². The average molecular weight is 236 g/mol. The standard InChI is InChI=1S/C12H10F2N2O/c1-8(17)9-2-4-10(5-3-9)16-7-6-15-12(16)11(13)14/h2-7,11H,1H3. The van der Waals surface area contributed by atoms with Crippen LogP contribution in [0.4, 0.5) is 8.78 Å². The van der Waals surface area contributed by atoms with Gasteiger partial charge in [0.15, 0.2) is 11.6 Å². The van der Waals surface area contributed by atoms with Crippen LogP contribution in [-0.2, 0) is 0 Å². The van der Waals surface area contributed by atoms with Gasteiger partial charge in [0.2, 0.25) is 0 Å². The third-order valence-electron chi connectivity index (χ3n) is 2.42. The van der Waals surface area contributed by atoms with Gasteiger partial charge < -0.3 is 0 Å². The van der Waals surface area contributed by atoms with Crippen molar-refractivity contribution in [2.45, 2.75) is 13.3 Å². The molecule has 0 aliphatic carbocycles. The van der Waals surface area contributed by atoms with E-state index < -0.39 is 6.43 Å². The molecule has 0 radical (unpaired) electrons. The lowest BCUT2D eigenvalue weighted by Gasteiger charge is -2.07. The number of Topliss-reactive ketones (excluding diaryl/α,β-unsaturated/α-hetero) is 1. The summed E-state index contributed by atoms with van der Waals surface area (Å²) in [6.45, 7) is 1.46. The number of aromatic nitrogens is 2. The summed E-state index contributed by atoms with van der Waals surface area (Å²) in [5.74, 6) is -0.364. The maximum absolute atomic E-state index is 12.6. The normalized spacial score (nSPS) is 10.8. The van der Waals surface area contributed by atoms with Gasteiger partial charge in [0.25, 0.3) is 6.43 Å². The predicted molar refractivity (Wildman–Crippen MR) is 58.5 cm³/mol. The topological polar surface area (TPSA) is 34.9 Å². The second kappa shape index (κ2) is 4.45. The lowest BCUT2D eigenvalue weighted by molar-refractivity contribution is 0.101. The quantitative estimate of drug-likeness (QED) is 0.768. The molecule has 0 amide bonds. The van der Waals surface area contributed by atoms with E-state index >= 15 is 0 Å². The molecule has 5 heteroatoms. The number of rotatable bonds is 3. The van der Waals surface area contributed by atoms with Crippen LogP contribution in [0.15, 0.2) is 36.7 Å². The molecule has 2 rings (SSSR count). The summed E-state index contributed by atoms with van der Waals surface area (Å²) >= 11 is 0. The highest BCUT2D eigenvalue weighted by atomic mass is 19.3. The number of hydrogen-bond donors (Lipinski definition) is 0. The Bertz CT molecular complexity index is 532. The van der Waals surface area contributed by atoms with Crippen LogP contribution >= 0.6 is 0 Å². The molecule has 3 nitrogen and oxygen atoms in total. The van der Waals surface area contributed by atoms with E-state index in [1.165, 1.54) is 23.9 Å². The summed E-state index contributed by atoms with van der Waals surface area (Å²) in [7, 11) is 0. The summed E-state index contributed by atoms with van der Waals surface area (Å²) in [6, 6.07) is 6.44. The highest BCUT2D eigenvalue weighted by Crippen LogP contribution is 2.20. The van der Waals surface area contributed by atoms with E-state index in [1.807, 2.05) is 0 Å². The maximum atomic E-state index is 12.6. The second-order valence-corrected chi connectivity index (χ2v) is 3.56. The molecule has 0 spiro atoms. The van der Waals surface area contributed by atoms with Crippen molar-refractivity contribution in [3.63, 3.8) is 0 Å². The molecule has 1 aromatic heterocycles. The fraction of sp³-hybridized carbons (Fsp3) is 0.167. The van der Waals surface area contributed by atoms with Gasteiger partial charge in [0, 0.05) is 23.6 Å². The number of halogens is 2. The first-order valence-corrected chi connectivity index (χ1v) is 5.02. The Morgan fingerprint density at radius 2 is 1.94 bits per heavy atom. The molecule has 0 bridgehead atoms. The molecule has 17 heavy (non-hydrogen) atoms. The molecule has 0 saturated carbocycles. The molecule has 1 aromatic carbocycles. The van der Waals surface area contributed by atoms with Crippen LogP contribution < -0.4 is 0 Å². The lowest BCUT2D eigenvalue weighted by Crippen LogP contribution is -2.01. The minimum Gasteiger partial charge on any atom is -0.299 e. The van der Waals surface area contributed by atoms with E-state index in [2.05, 4.69) is 4.98 Å². The van der Waals surface area contributed by atoms with E-state index in [9.17, 15) is 13.6 Å². The smallest absolute Gasteiger partial charge is 0.295 e. The third-order valence-corrected chi connectivity index (χ3v) is 2.42. The zero-order valence-electron chi connectivity index (χ0n) is 9.10. The van der Waals surface area contributed by atoms with E-state index in [4.69, 9.17) is 0 Å². The molecule has 0 N–H and O–H groups in total. The maximum Gasteiger partial charge on any atom is 0.295 e. The fourth-order valence-electron chi connectivity index (χ4n) is 1.55. The molecule has 1 heterocycles. The SMILES string of the molecule is CC(=O)c1ccc(-n2ccnc2C(F)F)cc1. The molecule has 2 aromatic rings. The van der Waals surface area contributed by atoms with Crippen molar-refractivity contribution in [1.29, 1.82) is 0 Å². The largest absolute Gasteiger partial charge is 0.299 e. The monoisotopic (exact) mass is 236 g/mol. The van der Waals surface area contributed by atoms with E-state index in [-0.39, 0.29) is 11.6 Å². The Balaban J connectivity index is 2.40. The first-order valence-electron chi connectivity index (χ1n) is 5.02. The van der Waals surface area contributed by atoms with Gasteiger partial charge in [-0.2, -0.15) is 0 Å². The van der Waals surface area contributed by atoms with Gasteiger partial charge in [-0.1, -0.05) is 0 Å². The van der Waals surface area contributed by atoms with Crippen LogP contribution in [0.1, 0.15) is 29.5 Å². The molecule has 0 unspecified atom stereocenters. The zero-order valence-corrected chi connectivity index (χ0v) is 9.10. The van der Waals surface area contributed by atoms with Crippen molar-refractivity contribution in [2.75, 3.05) is 0 Å². The van der Waals surface area contributed by atoms with Gasteiger partial charge in [-0.15, -0.1) is 0 Å². The van der Waals surface area contributed by atoms with Crippen molar-refractivity contribution in [3.8, 4) is 5.69 Å². The van der Waals surface area contributed by atoms with Gasteiger partial charge in [0.05, 0.1) is 0 Å². The van der Waals surface area contributed by atoms with E-state index in [0.29, 0.717) is 11.3 Å². The molecule has 0 aliphatic rings. The summed E-state index contributed by atoms with van der Waals surface area (Å²) in [4.78, 5) is 14.7. The number of carbonyl (C=O) groups excluding carboxylic acids is 1. The van der Waals surface area contributed by atoms with Crippen LogP contribution in [-0.4, -0.2) is 15.3 Å². The van der Waals surface area contributed by atoms with Crippen LogP contribution in [0.2, 0.25) is 0 Å². The van der Waals surface area contributed by atoms with Crippen molar-refractivity contribution in [3.05, 3.63) is 48.0 Å². The second-order valence-electron chi connectivity index (χ2n) is 3.56. The summed E-state index contributed by atoms with van der Waals surface area (Å²) in [5.41, 5.74) is 1.11. The molecule has 88 valence electrons. The van der Waals surface area contributed by atoms with Crippen molar-refractivity contribution in [2.24, 2.45) is 0 Å². The highest BCUT2D eigenvalue weighted by Gasteiger charge is 2.15. The number of alkyl halides is 2. The molecular weight excluding hydrogens is 226 g/mol. The minimum atomic E-state index is -2.63. The number of ketones is 1. The highest BCUT2D eigenvalue weighted by molar-refractivity contribution is 5.94. The Morgan fingerprint density at radius 1 is 1.29 bits per heavy atom. The fourth-order valence-corrected chi connectivity index (χ4v) is 1.55. The number of hydrogen-bond acceptors (Lipinski definition) is 2. The van der Waals surface area contributed by atoms with E-state index in [0.717, 1.165) is 0 Å². The molecule has 0 aliphatic heterocycles. The van der Waals surface area contributed by atoms with Crippen molar-refractivity contribution in [1.82, 2.24) is 9.55 Å². The van der Waals surface area contributed by atoms with Crippen molar-refractivity contribution >= 4 is 5.78 Å². The first-order chi connectivity index (χ1) is 8.09. The number of carbonyl (C=O) groups is 1. The number of benzene rings is 1. The minimum absolute atomic E-state index is 0.0590. The summed E-state index contributed by atoms with van der Waals surface area (Å²) in [6.07, 6.45) is 0.155. The number of nitrogens with zero attached hydrogens (tertiary/aromatic N) is 2. The van der Waals surface area contributed by atoms with Crippen LogP contribution in [0.3, 0.4) is 0 Å². The third kappa shape index (κ3) is 2.22. The van der Waals surface area contributed by atoms with Crippen LogP contribution in [0.25, 0.3) is 5.69 Å². The lowest BCUT2D eigenvalue weighted by atomic mass is 10.1. The van der Waals surface area contributed by atoms with Crippen LogP contribution in [0.5, 0.6) is 0 Å². The predicted octanol–water partition coefficient (Wildman–Crippen LogP) is 3.01. The van der Waals surface area contributed by atoms with E-state index in [1.54, 1.807) is 24.3 Å². The van der Waals surface area contributed by atoms with Gasteiger partial charge >= 0.3 is 0 Å². The van der Waals surface area contributed by atoms with Gasteiger partial charge in [-0.25, -0.2) is 13.8 Å². The van der Waals surface area contributed by atoms with Crippen molar-refractivity contribution < 1.29 is 13.6 Å². The number of imidazole rings is 1. The summed E-state index contributed by atoms with van der Waals surface area (Å²) < 4.78 is 26.5. The summed E-state index contributed by atoms with van der Waals surface area (Å²) in [5, 5.41) is 0.